The van der Waals surface area contributed by atoms with Gasteiger partial charge in [0, 0.05) is 25.8 Å². The Morgan fingerprint density at radius 3 is 2.52 bits per heavy atom. The van der Waals surface area contributed by atoms with E-state index in [4.69, 9.17) is 9.47 Å². The number of nitro benzene ring substituents is 1. The van der Waals surface area contributed by atoms with Crippen LogP contribution in [0.4, 0.5) is 5.69 Å². The van der Waals surface area contributed by atoms with Gasteiger partial charge in [0.2, 0.25) is 0 Å². The number of methoxy groups -OCH3 is 2. The van der Waals surface area contributed by atoms with Gasteiger partial charge in [-0.25, -0.2) is 0 Å². The molecule has 0 aromatic heterocycles. The first kappa shape index (κ1) is 15.7. The summed E-state index contributed by atoms with van der Waals surface area (Å²) in [7, 11) is 3.16. The van der Waals surface area contributed by atoms with Crippen LogP contribution >= 0.6 is 0 Å². The fraction of sp³-hybridized carbons (Fsp3) is 0.600. The van der Waals surface area contributed by atoms with Crippen molar-refractivity contribution in [3.05, 3.63) is 33.4 Å². The number of benzene rings is 1. The molecule has 1 aromatic rings. The van der Waals surface area contributed by atoms with E-state index in [1.54, 1.807) is 13.2 Å². The molecule has 6 nitrogen and oxygen atoms in total. The van der Waals surface area contributed by atoms with Crippen molar-refractivity contribution in [3.63, 3.8) is 0 Å². The highest BCUT2D eigenvalue weighted by Gasteiger charge is 2.22. The number of nitrogens with zero attached hydrogens (tertiary/aromatic N) is 1. The predicted octanol–water partition coefficient (Wildman–Crippen LogP) is 2.09. The summed E-state index contributed by atoms with van der Waals surface area (Å²) in [5, 5.41) is 14.6. The van der Waals surface area contributed by atoms with E-state index >= 15 is 0 Å². The number of hydrogen-bond donors (Lipinski definition) is 1. The quantitative estimate of drug-likeness (QED) is 0.376. The third-order valence-corrected chi connectivity index (χ3v) is 3.96. The van der Waals surface area contributed by atoms with Crippen molar-refractivity contribution in [2.24, 2.45) is 0 Å². The Hall–Kier alpha value is -1.66. The topological polar surface area (TPSA) is 73.6 Å². The lowest BCUT2D eigenvalue weighted by atomic mass is 10.0. The van der Waals surface area contributed by atoms with Crippen LogP contribution < -0.4 is 10.1 Å². The Balaban J connectivity index is 2.11. The number of rotatable bonds is 6. The maximum Gasteiger partial charge on any atom is 0.311 e. The Bertz CT molecular complexity index is 505. The van der Waals surface area contributed by atoms with E-state index < -0.39 is 0 Å². The van der Waals surface area contributed by atoms with Gasteiger partial charge >= 0.3 is 5.69 Å². The van der Waals surface area contributed by atoms with Crippen LogP contribution in [0.1, 0.15) is 24.0 Å². The summed E-state index contributed by atoms with van der Waals surface area (Å²) in [4.78, 5) is 10.7. The summed E-state index contributed by atoms with van der Waals surface area (Å²) in [5.41, 5.74) is 2.29. The fourth-order valence-electron chi connectivity index (χ4n) is 2.80. The van der Waals surface area contributed by atoms with Crippen molar-refractivity contribution in [2.75, 3.05) is 27.4 Å². The molecule has 1 aliphatic carbocycles. The van der Waals surface area contributed by atoms with Gasteiger partial charge in [-0.05, 0) is 42.9 Å². The number of ether oxygens (including phenoxy) is 2. The van der Waals surface area contributed by atoms with Crippen LogP contribution in [-0.2, 0) is 17.6 Å². The van der Waals surface area contributed by atoms with Crippen molar-refractivity contribution in [1.29, 1.82) is 0 Å². The second-order valence-electron chi connectivity index (χ2n) is 5.27. The first-order valence-corrected chi connectivity index (χ1v) is 7.22. The molecule has 0 saturated heterocycles. The molecular weight excluding hydrogens is 272 g/mol. The molecule has 21 heavy (non-hydrogen) atoms. The van der Waals surface area contributed by atoms with E-state index in [0.29, 0.717) is 18.4 Å². The summed E-state index contributed by atoms with van der Waals surface area (Å²) in [5.74, 6) is 0.351. The standard InChI is InChI=1S/C15H22N2O4/c1-20-8-7-16-13-5-3-11-9-14(17(18)19)15(21-2)10-12(11)4-6-13/h9-10,13,16H,3-8H2,1-2H3. The van der Waals surface area contributed by atoms with Gasteiger partial charge in [-0.3, -0.25) is 10.1 Å². The van der Waals surface area contributed by atoms with E-state index in [1.165, 1.54) is 7.11 Å². The summed E-state index contributed by atoms with van der Waals surface area (Å²) in [6.07, 6.45) is 3.77. The van der Waals surface area contributed by atoms with Crippen LogP contribution in [-0.4, -0.2) is 38.3 Å². The molecule has 1 unspecified atom stereocenters. The van der Waals surface area contributed by atoms with Crippen LogP contribution in [0.15, 0.2) is 12.1 Å². The van der Waals surface area contributed by atoms with Gasteiger partial charge in [-0.15, -0.1) is 0 Å². The number of aryl methyl sites for hydroxylation is 2. The van der Waals surface area contributed by atoms with Gasteiger partial charge in [0.25, 0.3) is 0 Å². The smallest absolute Gasteiger partial charge is 0.311 e. The molecule has 1 aromatic carbocycles. The summed E-state index contributed by atoms with van der Waals surface area (Å²) in [6, 6.07) is 3.93. The zero-order valence-electron chi connectivity index (χ0n) is 12.6. The van der Waals surface area contributed by atoms with Gasteiger partial charge in [0.1, 0.15) is 0 Å². The molecule has 1 N–H and O–H groups in total. The summed E-state index contributed by atoms with van der Waals surface area (Å²) in [6.45, 7) is 1.53. The molecule has 2 rings (SSSR count). The van der Waals surface area contributed by atoms with Crippen LogP contribution in [0.2, 0.25) is 0 Å². The summed E-state index contributed by atoms with van der Waals surface area (Å²) >= 11 is 0. The second kappa shape index (κ2) is 7.38. The predicted molar refractivity (Wildman–Crippen MR) is 80.0 cm³/mol. The van der Waals surface area contributed by atoms with Gasteiger partial charge in [0.05, 0.1) is 18.6 Å². The van der Waals surface area contributed by atoms with Crippen molar-refractivity contribution in [2.45, 2.75) is 31.7 Å². The van der Waals surface area contributed by atoms with E-state index in [2.05, 4.69) is 5.32 Å². The Kier molecular flexibility index (Phi) is 5.52. The van der Waals surface area contributed by atoms with Crippen LogP contribution in [0.25, 0.3) is 0 Å². The van der Waals surface area contributed by atoms with Crippen molar-refractivity contribution >= 4 is 5.69 Å². The Morgan fingerprint density at radius 1 is 1.29 bits per heavy atom. The largest absolute Gasteiger partial charge is 0.490 e. The molecule has 0 heterocycles. The Morgan fingerprint density at radius 2 is 1.95 bits per heavy atom. The van der Waals surface area contributed by atoms with E-state index in [-0.39, 0.29) is 10.6 Å². The van der Waals surface area contributed by atoms with E-state index in [0.717, 1.165) is 43.4 Å². The number of nitrogens with one attached hydrogen (secondary N) is 1. The highest BCUT2D eigenvalue weighted by Crippen LogP contribution is 2.33. The highest BCUT2D eigenvalue weighted by molar-refractivity contribution is 5.52. The SMILES string of the molecule is COCCNC1CCc2cc(OC)c([N+](=O)[O-])cc2CC1. The molecule has 116 valence electrons. The maximum atomic E-state index is 11.1. The monoisotopic (exact) mass is 294 g/mol. The number of hydrogen-bond acceptors (Lipinski definition) is 5. The van der Waals surface area contributed by atoms with E-state index in [1.807, 2.05) is 6.07 Å². The van der Waals surface area contributed by atoms with Crippen LogP contribution in [0.3, 0.4) is 0 Å². The molecule has 0 spiro atoms. The van der Waals surface area contributed by atoms with Gasteiger partial charge in [-0.1, -0.05) is 0 Å². The molecule has 1 atom stereocenters. The minimum Gasteiger partial charge on any atom is -0.490 e. The molecule has 1 aliphatic rings. The first-order chi connectivity index (χ1) is 10.2. The molecule has 0 aliphatic heterocycles. The molecule has 0 amide bonds. The van der Waals surface area contributed by atoms with Crippen LogP contribution in [0.5, 0.6) is 5.75 Å². The number of nitro groups is 1. The minimum absolute atomic E-state index is 0.0574. The zero-order chi connectivity index (χ0) is 15.2. The minimum atomic E-state index is -0.377. The van der Waals surface area contributed by atoms with Crippen molar-refractivity contribution < 1.29 is 14.4 Å². The number of fused-ring (bicyclic) bond motifs is 1. The second-order valence-corrected chi connectivity index (χ2v) is 5.27. The van der Waals surface area contributed by atoms with Crippen molar-refractivity contribution in [3.8, 4) is 5.75 Å². The van der Waals surface area contributed by atoms with Gasteiger partial charge in [-0.2, -0.15) is 0 Å². The lowest BCUT2D eigenvalue weighted by molar-refractivity contribution is -0.385. The lowest BCUT2D eigenvalue weighted by Gasteiger charge is -2.15. The van der Waals surface area contributed by atoms with Gasteiger partial charge in [0.15, 0.2) is 5.75 Å². The Labute approximate surface area is 124 Å². The average molecular weight is 294 g/mol. The third-order valence-electron chi connectivity index (χ3n) is 3.96. The third kappa shape index (κ3) is 3.92. The molecule has 0 fully saturated rings. The normalized spacial score (nSPS) is 17.9. The lowest BCUT2D eigenvalue weighted by Crippen LogP contribution is -2.32. The average Bonchev–Trinajstić information content (AvgIpc) is 2.68. The molecule has 0 radical (unpaired) electrons. The molecule has 6 heteroatoms. The van der Waals surface area contributed by atoms with Crippen LogP contribution in [0, 0.1) is 10.1 Å². The van der Waals surface area contributed by atoms with E-state index in [9.17, 15) is 10.1 Å². The fourth-order valence-corrected chi connectivity index (χ4v) is 2.80. The van der Waals surface area contributed by atoms with Crippen molar-refractivity contribution in [1.82, 2.24) is 5.32 Å². The molecule has 0 saturated carbocycles. The molecular formula is C15H22N2O4. The summed E-state index contributed by atoms with van der Waals surface area (Å²) < 4.78 is 10.2. The molecule has 0 bridgehead atoms. The first-order valence-electron chi connectivity index (χ1n) is 7.22. The zero-order valence-corrected chi connectivity index (χ0v) is 12.6. The van der Waals surface area contributed by atoms with Gasteiger partial charge < -0.3 is 14.8 Å². The highest BCUT2D eigenvalue weighted by atomic mass is 16.6. The maximum absolute atomic E-state index is 11.1.